The van der Waals surface area contributed by atoms with Crippen LogP contribution in [0, 0.1) is 5.82 Å². The molecule has 0 aliphatic carbocycles. The Hall–Kier alpha value is -2.92. The topological polar surface area (TPSA) is 101 Å². The number of cyclic esters (lactones) is 1. The monoisotopic (exact) mass is 393 g/mol. The van der Waals surface area contributed by atoms with Gasteiger partial charge < -0.3 is 14.7 Å². The van der Waals surface area contributed by atoms with Crippen molar-refractivity contribution in [2.75, 3.05) is 41.0 Å². The maximum atomic E-state index is 14.6. The second kappa shape index (κ2) is 7.00. The fourth-order valence-electron chi connectivity index (χ4n) is 2.93. The number of H-pyrrole nitrogens is 1. The van der Waals surface area contributed by atoms with E-state index in [0.29, 0.717) is 30.3 Å². The van der Waals surface area contributed by atoms with Crippen LogP contribution in [-0.4, -0.2) is 54.9 Å². The maximum absolute atomic E-state index is 14.6. The highest BCUT2D eigenvalue weighted by atomic mass is 32.1. The first-order valence-electron chi connectivity index (χ1n) is 8.20. The SMILES string of the molecule is O=C1O[C@@H](CO)CN1c1ccc(N2C=NN(c3csc(=O)[nH]3)CC2)c(F)c1. The molecule has 2 aromatic rings. The molecule has 0 spiro atoms. The number of nitrogens with zero attached hydrogens (tertiary/aromatic N) is 4. The van der Waals surface area contributed by atoms with E-state index in [1.54, 1.807) is 27.4 Å². The smallest absolute Gasteiger partial charge is 0.414 e. The average molecular weight is 393 g/mol. The van der Waals surface area contributed by atoms with Crippen LogP contribution in [0.15, 0.2) is 33.5 Å². The second-order valence-electron chi connectivity index (χ2n) is 6.02. The normalized spacial score (nSPS) is 19.7. The molecule has 2 aliphatic heterocycles. The van der Waals surface area contributed by atoms with E-state index in [1.165, 1.54) is 17.3 Å². The molecular weight excluding hydrogens is 377 g/mol. The van der Waals surface area contributed by atoms with Crippen LogP contribution in [0.3, 0.4) is 0 Å². The van der Waals surface area contributed by atoms with Crippen molar-refractivity contribution < 1.29 is 19.0 Å². The molecule has 142 valence electrons. The minimum atomic E-state index is -0.610. The quantitative estimate of drug-likeness (QED) is 0.809. The molecule has 2 N–H and O–H groups in total. The number of rotatable bonds is 4. The molecule has 0 unspecified atom stereocenters. The summed E-state index contributed by atoms with van der Waals surface area (Å²) >= 11 is 1.05. The summed E-state index contributed by atoms with van der Waals surface area (Å²) in [5.41, 5.74) is 0.691. The number of anilines is 3. The van der Waals surface area contributed by atoms with Crippen LogP contribution in [-0.2, 0) is 4.74 Å². The van der Waals surface area contributed by atoms with E-state index in [9.17, 15) is 14.0 Å². The van der Waals surface area contributed by atoms with Gasteiger partial charge >= 0.3 is 11.0 Å². The molecule has 2 aliphatic rings. The van der Waals surface area contributed by atoms with Gasteiger partial charge in [-0.1, -0.05) is 11.3 Å². The molecule has 1 saturated heterocycles. The van der Waals surface area contributed by atoms with Gasteiger partial charge in [0, 0.05) is 11.9 Å². The van der Waals surface area contributed by atoms with Crippen LogP contribution in [0.25, 0.3) is 0 Å². The Labute approximate surface area is 156 Å². The van der Waals surface area contributed by atoms with Crippen molar-refractivity contribution in [2.45, 2.75) is 6.10 Å². The third kappa shape index (κ3) is 3.38. The zero-order valence-corrected chi connectivity index (χ0v) is 14.9. The summed E-state index contributed by atoms with van der Waals surface area (Å²) in [6.07, 6.45) is 0.272. The Bertz CT molecular complexity index is 945. The minimum absolute atomic E-state index is 0.159. The molecular formula is C16H16FN5O4S. The molecule has 3 heterocycles. The van der Waals surface area contributed by atoms with E-state index < -0.39 is 18.0 Å². The number of hydrazone groups is 1. The van der Waals surface area contributed by atoms with Crippen LogP contribution in [0.1, 0.15) is 0 Å². The molecule has 0 bridgehead atoms. The number of aliphatic hydroxyl groups is 1. The summed E-state index contributed by atoms with van der Waals surface area (Å²) in [4.78, 5) is 28.5. The summed E-state index contributed by atoms with van der Waals surface area (Å²) in [5, 5.41) is 16.7. The third-order valence-corrected chi connectivity index (χ3v) is 4.96. The summed E-state index contributed by atoms with van der Waals surface area (Å²) in [6, 6.07) is 4.45. The molecule has 1 fully saturated rings. The van der Waals surface area contributed by atoms with Crippen molar-refractivity contribution in [2.24, 2.45) is 5.10 Å². The highest BCUT2D eigenvalue weighted by Gasteiger charge is 2.32. The number of hydrogen-bond donors (Lipinski definition) is 2. The van der Waals surface area contributed by atoms with E-state index >= 15 is 0 Å². The Morgan fingerprint density at radius 3 is 2.81 bits per heavy atom. The molecule has 9 nitrogen and oxygen atoms in total. The summed E-state index contributed by atoms with van der Waals surface area (Å²) in [7, 11) is 0. The van der Waals surface area contributed by atoms with Crippen molar-refractivity contribution in [1.82, 2.24) is 4.98 Å². The number of hydrogen-bond acceptors (Lipinski definition) is 8. The number of thiazole rings is 1. The van der Waals surface area contributed by atoms with E-state index in [2.05, 4.69) is 10.1 Å². The van der Waals surface area contributed by atoms with Crippen LogP contribution in [0.2, 0.25) is 0 Å². The highest BCUT2D eigenvalue weighted by molar-refractivity contribution is 7.07. The van der Waals surface area contributed by atoms with Crippen molar-refractivity contribution in [3.8, 4) is 0 Å². The molecule has 4 rings (SSSR count). The number of ether oxygens (including phenoxy) is 1. The minimum Gasteiger partial charge on any atom is -0.441 e. The van der Waals surface area contributed by atoms with E-state index in [4.69, 9.17) is 9.84 Å². The lowest BCUT2D eigenvalue weighted by Gasteiger charge is -2.29. The number of nitrogens with one attached hydrogen (secondary N) is 1. The standard InChI is InChI=1S/C16H16FN5O4S/c17-12-5-10(21-6-11(7-23)26-16(21)25)1-2-13(12)20-3-4-22(18-9-20)14-8-27-15(24)19-14/h1-2,5,8-9,11,23H,3-4,6-7H2,(H,19,24)/t11-/m1/s1. The average Bonchev–Trinajstić information content (AvgIpc) is 3.27. The Kier molecular flexibility index (Phi) is 4.54. The largest absolute Gasteiger partial charge is 0.441 e. The first kappa shape index (κ1) is 17.5. The highest BCUT2D eigenvalue weighted by Crippen LogP contribution is 2.28. The van der Waals surface area contributed by atoms with E-state index in [0.717, 1.165) is 11.3 Å². The fourth-order valence-corrected chi connectivity index (χ4v) is 3.49. The van der Waals surface area contributed by atoms with Gasteiger partial charge in [0.15, 0.2) is 0 Å². The zero-order valence-electron chi connectivity index (χ0n) is 14.0. The number of aromatic nitrogens is 1. The van der Waals surface area contributed by atoms with Gasteiger partial charge in [-0.05, 0) is 18.2 Å². The Morgan fingerprint density at radius 2 is 2.22 bits per heavy atom. The number of aliphatic hydroxyl groups excluding tert-OH is 1. The lowest BCUT2D eigenvalue weighted by molar-refractivity contribution is 0.0963. The molecule has 0 radical (unpaired) electrons. The predicted molar refractivity (Wildman–Crippen MR) is 99.2 cm³/mol. The van der Waals surface area contributed by atoms with Crippen molar-refractivity contribution in [1.29, 1.82) is 0 Å². The van der Waals surface area contributed by atoms with Gasteiger partial charge in [0.1, 0.15) is 24.1 Å². The molecule has 11 heteroatoms. The van der Waals surface area contributed by atoms with Crippen LogP contribution >= 0.6 is 11.3 Å². The summed E-state index contributed by atoms with van der Waals surface area (Å²) in [5.74, 6) is 0.0966. The van der Waals surface area contributed by atoms with Crippen LogP contribution in [0.5, 0.6) is 0 Å². The van der Waals surface area contributed by atoms with Gasteiger partial charge in [-0.2, -0.15) is 5.10 Å². The fraction of sp³-hybridized carbons (Fsp3) is 0.312. The van der Waals surface area contributed by atoms with Crippen molar-refractivity contribution in [3.63, 3.8) is 0 Å². The molecule has 1 amide bonds. The summed E-state index contributed by atoms with van der Waals surface area (Å²) < 4.78 is 19.6. The van der Waals surface area contributed by atoms with Gasteiger partial charge in [-0.3, -0.25) is 14.7 Å². The van der Waals surface area contributed by atoms with Crippen LogP contribution < -0.4 is 19.7 Å². The van der Waals surface area contributed by atoms with Gasteiger partial charge in [0.05, 0.1) is 31.1 Å². The molecule has 1 atom stereocenters. The number of aromatic amines is 1. The maximum Gasteiger partial charge on any atom is 0.414 e. The van der Waals surface area contributed by atoms with Crippen molar-refractivity contribution in [3.05, 3.63) is 39.1 Å². The van der Waals surface area contributed by atoms with Gasteiger partial charge in [-0.15, -0.1) is 0 Å². The third-order valence-electron chi connectivity index (χ3n) is 4.30. The molecule has 27 heavy (non-hydrogen) atoms. The van der Waals surface area contributed by atoms with Gasteiger partial charge in [0.2, 0.25) is 0 Å². The number of carbonyl (C=O) groups excluding carboxylic acids is 1. The van der Waals surface area contributed by atoms with Crippen molar-refractivity contribution >= 4 is 41.0 Å². The predicted octanol–water partition coefficient (Wildman–Crippen LogP) is 1.16. The zero-order chi connectivity index (χ0) is 19.0. The second-order valence-corrected chi connectivity index (χ2v) is 6.86. The van der Waals surface area contributed by atoms with E-state index in [1.807, 2.05) is 0 Å². The Morgan fingerprint density at radius 1 is 1.37 bits per heavy atom. The number of halogens is 1. The first-order chi connectivity index (χ1) is 13.0. The molecule has 1 aromatic heterocycles. The van der Waals surface area contributed by atoms with Gasteiger partial charge in [0.25, 0.3) is 0 Å². The lowest BCUT2D eigenvalue weighted by atomic mass is 10.2. The molecule has 0 saturated carbocycles. The van der Waals surface area contributed by atoms with Gasteiger partial charge in [-0.25, -0.2) is 14.2 Å². The Balaban J connectivity index is 1.50. The number of carbonyl (C=O) groups is 1. The van der Waals surface area contributed by atoms with Crippen LogP contribution in [0.4, 0.5) is 26.4 Å². The lowest BCUT2D eigenvalue weighted by Crippen LogP contribution is -2.38. The number of amides is 1. The summed E-state index contributed by atoms with van der Waals surface area (Å²) in [6.45, 7) is 0.836. The molecule has 1 aromatic carbocycles. The number of benzene rings is 1. The first-order valence-corrected chi connectivity index (χ1v) is 9.08. The van der Waals surface area contributed by atoms with E-state index in [-0.39, 0.29) is 18.0 Å².